The molecular weight excluding hydrogens is 326 g/mol. The standard InChI is InChI=1S/C26H18N/c1-2-6-18(7-3-1)20-12-14-24-21(16-20)13-15-25-26-22(17-27(24)25)11-10-19-8-4-5-9-23(19)26/h1-16H,17H2/q+1. The topological polar surface area (TPSA) is 3.88 Å². The highest BCUT2D eigenvalue weighted by Crippen LogP contribution is 2.35. The predicted molar refractivity (Wildman–Crippen MR) is 112 cm³/mol. The van der Waals surface area contributed by atoms with Crippen molar-refractivity contribution in [2.75, 3.05) is 0 Å². The first-order valence-electron chi connectivity index (χ1n) is 9.41. The molecule has 0 spiro atoms. The number of hydrogen-bond acceptors (Lipinski definition) is 0. The predicted octanol–water partition coefficient (Wildman–Crippen LogP) is 5.98. The van der Waals surface area contributed by atoms with E-state index in [0.29, 0.717) is 0 Å². The molecule has 0 saturated carbocycles. The van der Waals surface area contributed by atoms with Crippen LogP contribution >= 0.6 is 0 Å². The van der Waals surface area contributed by atoms with Gasteiger partial charge >= 0.3 is 0 Å². The van der Waals surface area contributed by atoms with Gasteiger partial charge in [-0.15, -0.1) is 0 Å². The molecule has 2 heterocycles. The number of rotatable bonds is 1. The van der Waals surface area contributed by atoms with E-state index in [4.69, 9.17) is 0 Å². The van der Waals surface area contributed by atoms with Crippen molar-refractivity contribution in [1.82, 2.24) is 0 Å². The number of benzene rings is 4. The molecule has 0 amide bonds. The van der Waals surface area contributed by atoms with Gasteiger partial charge in [-0.2, -0.15) is 4.57 Å². The third kappa shape index (κ3) is 2.15. The second kappa shape index (κ2) is 5.52. The lowest BCUT2D eigenvalue weighted by molar-refractivity contribution is -0.645. The van der Waals surface area contributed by atoms with Gasteiger partial charge in [0.25, 0.3) is 0 Å². The Hall–Kier alpha value is -3.45. The van der Waals surface area contributed by atoms with Crippen LogP contribution < -0.4 is 4.57 Å². The minimum atomic E-state index is 0.942. The van der Waals surface area contributed by atoms with E-state index >= 15 is 0 Å². The van der Waals surface area contributed by atoms with Crippen LogP contribution in [0.2, 0.25) is 0 Å². The molecule has 0 unspecified atom stereocenters. The summed E-state index contributed by atoms with van der Waals surface area (Å²) in [6.45, 7) is 0.942. The van der Waals surface area contributed by atoms with Crippen LogP contribution in [-0.4, -0.2) is 0 Å². The molecule has 5 aromatic rings. The fourth-order valence-electron chi connectivity index (χ4n) is 4.44. The lowest BCUT2D eigenvalue weighted by atomic mass is 9.98. The van der Waals surface area contributed by atoms with Crippen LogP contribution in [0.4, 0.5) is 0 Å². The molecular formula is C26H18N+. The van der Waals surface area contributed by atoms with Crippen molar-refractivity contribution in [3.8, 4) is 22.4 Å². The number of hydrogen-bond donors (Lipinski definition) is 0. The average molecular weight is 344 g/mol. The van der Waals surface area contributed by atoms with Crippen LogP contribution in [0.5, 0.6) is 0 Å². The van der Waals surface area contributed by atoms with E-state index in [1.54, 1.807) is 0 Å². The van der Waals surface area contributed by atoms with Crippen molar-refractivity contribution in [1.29, 1.82) is 0 Å². The van der Waals surface area contributed by atoms with Gasteiger partial charge in [0, 0.05) is 23.1 Å². The molecule has 1 aromatic heterocycles. The second-order valence-corrected chi connectivity index (χ2v) is 7.27. The molecule has 27 heavy (non-hydrogen) atoms. The maximum Gasteiger partial charge on any atom is 0.214 e. The van der Waals surface area contributed by atoms with E-state index < -0.39 is 0 Å². The van der Waals surface area contributed by atoms with Crippen molar-refractivity contribution in [3.05, 3.63) is 103 Å². The van der Waals surface area contributed by atoms with Gasteiger partial charge in [0.1, 0.15) is 0 Å². The van der Waals surface area contributed by atoms with Crippen LogP contribution in [0.15, 0.2) is 97.1 Å². The highest BCUT2D eigenvalue weighted by atomic mass is 15.0. The average Bonchev–Trinajstić information content (AvgIpc) is 3.13. The quantitative estimate of drug-likeness (QED) is 0.323. The van der Waals surface area contributed by atoms with Crippen LogP contribution in [0.25, 0.3) is 44.1 Å². The number of pyridine rings is 1. The van der Waals surface area contributed by atoms with Crippen LogP contribution in [0.1, 0.15) is 5.56 Å². The normalized spacial score (nSPS) is 12.3. The first-order chi connectivity index (χ1) is 13.4. The van der Waals surface area contributed by atoms with Gasteiger partial charge in [-0.25, -0.2) is 0 Å². The van der Waals surface area contributed by atoms with Crippen molar-refractivity contribution >= 4 is 21.7 Å². The molecule has 0 aliphatic carbocycles. The molecule has 1 nitrogen and oxygen atoms in total. The second-order valence-electron chi connectivity index (χ2n) is 7.27. The fourth-order valence-corrected chi connectivity index (χ4v) is 4.44. The SMILES string of the molecule is c1ccc(-c2ccc3c(ccc4[n+]3Cc3ccc5ccccc5c3-4)c2)cc1. The molecule has 0 atom stereocenters. The van der Waals surface area contributed by atoms with Crippen LogP contribution in [0.3, 0.4) is 0 Å². The highest BCUT2D eigenvalue weighted by Gasteiger charge is 2.29. The van der Waals surface area contributed by atoms with E-state index in [1.807, 2.05) is 0 Å². The zero-order chi connectivity index (χ0) is 17.8. The zero-order valence-corrected chi connectivity index (χ0v) is 14.9. The van der Waals surface area contributed by atoms with Gasteiger partial charge in [-0.3, -0.25) is 0 Å². The molecule has 126 valence electrons. The number of nitrogens with zero attached hydrogens (tertiary/aromatic N) is 1. The summed E-state index contributed by atoms with van der Waals surface area (Å²) in [5.41, 5.74) is 7.95. The maximum absolute atomic E-state index is 2.46. The molecule has 4 aromatic carbocycles. The first-order valence-corrected chi connectivity index (χ1v) is 9.41. The van der Waals surface area contributed by atoms with Gasteiger partial charge in [0.15, 0.2) is 6.54 Å². The Morgan fingerprint density at radius 2 is 1.41 bits per heavy atom. The molecule has 1 aliphatic heterocycles. The summed E-state index contributed by atoms with van der Waals surface area (Å²) in [6, 6.07) is 35.2. The largest absolute Gasteiger partial charge is 0.214 e. The van der Waals surface area contributed by atoms with Crippen molar-refractivity contribution < 1.29 is 4.57 Å². The summed E-state index contributed by atoms with van der Waals surface area (Å²) in [4.78, 5) is 0. The summed E-state index contributed by atoms with van der Waals surface area (Å²) in [5.74, 6) is 0. The lowest BCUT2D eigenvalue weighted by Crippen LogP contribution is -2.33. The van der Waals surface area contributed by atoms with E-state index in [9.17, 15) is 0 Å². The molecule has 0 radical (unpaired) electrons. The molecule has 1 aliphatic rings. The first kappa shape index (κ1) is 14.7. The van der Waals surface area contributed by atoms with E-state index in [2.05, 4.69) is 102 Å². The van der Waals surface area contributed by atoms with Crippen molar-refractivity contribution in [2.45, 2.75) is 6.54 Å². The molecule has 0 N–H and O–H groups in total. The Balaban J connectivity index is 1.58. The smallest absolute Gasteiger partial charge is 0.187 e. The Labute approximate surface area is 158 Å². The van der Waals surface area contributed by atoms with Gasteiger partial charge in [-0.05, 0) is 40.1 Å². The lowest BCUT2D eigenvalue weighted by Gasteiger charge is -2.05. The van der Waals surface area contributed by atoms with Crippen LogP contribution in [-0.2, 0) is 6.54 Å². The summed E-state index contributed by atoms with van der Waals surface area (Å²) in [6.07, 6.45) is 0. The molecule has 0 bridgehead atoms. The minimum Gasteiger partial charge on any atom is -0.187 e. The van der Waals surface area contributed by atoms with Gasteiger partial charge in [0.2, 0.25) is 11.2 Å². The Bertz CT molecular complexity index is 1330. The van der Waals surface area contributed by atoms with E-state index in [0.717, 1.165) is 6.54 Å². The molecule has 0 saturated heterocycles. The van der Waals surface area contributed by atoms with E-state index in [-0.39, 0.29) is 0 Å². The highest BCUT2D eigenvalue weighted by molar-refractivity contribution is 5.98. The summed E-state index contributed by atoms with van der Waals surface area (Å²) < 4.78 is 2.46. The Kier molecular flexibility index (Phi) is 3.00. The van der Waals surface area contributed by atoms with Crippen molar-refractivity contribution in [2.24, 2.45) is 0 Å². The molecule has 0 fully saturated rings. The van der Waals surface area contributed by atoms with Crippen LogP contribution in [0, 0.1) is 0 Å². The maximum atomic E-state index is 2.46. The zero-order valence-electron chi connectivity index (χ0n) is 14.9. The monoisotopic (exact) mass is 344 g/mol. The van der Waals surface area contributed by atoms with E-state index in [1.165, 1.54) is 49.6 Å². The van der Waals surface area contributed by atoms with Gasteiger partial charge in [-0.1, -0.05) is 66.7 Å². The van der Waals surface area contributed by atoms with Gasteiger partial charge < -0.3 is 0 Å². The fraction of sp³-hybridized carbons (Fsp3) is 0.0385. The van der Waals surface area contributed by atoms with Crippen molar-refractivity contribution in [3.63, 3.8) is 0 Å². The minimum absolute atomic E-state index is 0.942. The number of aromatic nitrogens is 1. The summed E-state index contributed by atoms with van der Waals surface area (Å²) >= 11 is 0. The number of fused-ring (bicyclic) bond motifs is 7. The summed E-state index contributed by atoms with van der Waals surface area (Å²) in [7, 11) is 0. The molecule has 6 rings (SSSR count). The third-order valence-electron chi connectivity index (χ3n) is 5.74. The van der Waals surface area contributed by atoms with Gasteiger partial charge in [0.05, 0.1) is 5.56 Å². The Morgan fingerprint density at radius 3 is 2.33 bits per heavy atom. The Morgan fingerprint density at radius 1 is 0.593 bits per heavy atom. The summed E-state index contributed by atoms with van der Waals surface area (Å²) in [5, 5.41) is 3.95. The third-order valence-corrected chi connectivity index (χ3v) is 5.74. The molecule has 1 heteroatoms.